The summed E-state index contributed by atoms with van der Waals surface area (Å²) in [6.07, 6.45) is 0. The molecule has 90 valence electrons. The average molecular weight is 269 g/mol. The molecule has 1 aromatic heterocycles. The number of hydrogen-bond donors (Lipinski definition) is 1. The van der Waals surface area contributed by atoms with Gasteiger partial charge in [0.05, 0.1) is 29.9 Å². The van der Waals surface area contributed by atoms with Crippen molar-refractivity contribution in [2.24, 2.45) is 0 Å². The molecule has 0 aliphatic carbocycles. The first kappa shape index (κ1) is 12.2. The molecule has 0 atom stereocenters. The monoisotopic (exact) mass is 268 g/mol. The number of nitrogens with zero attached hydrogens (tertiary/aromatic N) is 1. The van der Waals surface area contributed by atoms with Gasteiger partial charge in [-0.05, 0) is 25.1 Å². The standard InChI is InChI=1S/C12H13ClN2OS/c1-8-12(17-7-15-8)6-14-9-3-4-11(16-2)10(13)5-9/h3-5,7,14H,6H2,1-2H3. The molecule has 0 aliphatic rings. The highest BCUT2D eigenvalue weighted by Crippen LogP contribution is 2.27. The summed E-state index contributed by atoms with van der Waals surface area (Å²) in [5, 5.41) is 3.92. The smallest absolute Gasteiger partial charge is 0.137 e. The third kappa shape index (κ3) is 2.90. The van der Waals surface area contributed by atoms with E-state index < -0.39 is 0 Å². The zero-order chi connectivity index (χ0) is 12.3. The molecule has 0 bridgehead atoms. The summed E-state index contributed by atoms with van der Waals surface area (Å²) in [5.41, 5.74) is 3.90. The molecule has 0 fully saturated rings. The van der Waals surface area contributed by atoms with E-state index in [9.17, 15) is 0 Å². The number of anilines is 1. The first-order valence-electron chi connectivity index (χ1n) is 5.17. The summed E-state index contributed by atoms with van der Waals surface area (Å²) in [4.78, 5) is 5.44. The Bertz CT molecular complexity index is 513. The highest BCUT2D eigenvalue weighted by atomic mass is 35.5. The number of thiazole rings is 1. The van der Waals surface area contributed by atoms with Crippen LogP contribution in [0.1, 0.15) is 10.6 Å². The Morgan fingerprint density at radius 1 is 1.47 bits per heavy atom. The van der Waals surface area contributed by atoms with Gasteiger partial charge in [-0.2, -0.15) is 0 Å². The lowest BCUT2D eigenvalue weighted by Crippen LogP contribution is -1.99. The van der Waals surface area contributed by atoms with Crippen LogP contribution in [0.25, 0.3) is 0 Å². The number of nitrogens with one attached hydrogen (secondary N) is 1. The summed E-state index contributed by atoms with van der Waals surface area (Å²) in [6, 6.07) is 5.65. The second-order valence-electron chi connectivity index (χ2n) is 3.56. The Morgan fingerprint density at radius 2 is 2.29 bits per heavy atom. The van der Waals surface area contributed by atoms with E-state index in [1.54, 1.807) is 18.4 Å². The van der Waals surface area contributed by atoms with E-state index in [1.807, 2.05) is 30.6 Å². The topological polar surface area (TPSA) is 34.1 Å². The third-order valence-corrected chi connectivity index (χ3v) is 3.68. The predicted octanol–water partition coefficient (Wildman–Crippen LogP) is 3.73. The second kappa shape index (κ2) is 5.38. The summed E-state index contributed by atoms with van der Waals surface area (Å²) < 4.78 is 5.10. The average Bonchev–Trinajstić information content (AvgIpc) is 2.72. The Balaban J connectivity index is 2.05. The Morgan fingerprint density at radius 3 is 2.88 bits per heavy atom. The summed E-state index contributed by atoms with van der Waals surface area (Å²) in [7, 11) is 1.61. The lowest BCUT2D eigenvalue weighted by molar-refractivity contribution is 0.415. The van der Waals surface area contributed by atoms with Crippen LogP contribution >= 0.6 is 22.9 Å². The number of rotatable bonds is 4. The van der Waals surface area contributed by atoms with Crippen molar-refractivity contribution in [2.75, 3.05) is 12.4 Å². The molecule has 5 heteroatoms. The Kier molecular flexibility index (Phi) is 3.86. The van der Waals surface area contributed by atoms with Crippen molar-refractivity contribution in [1.29, 1.82) is 0 Å². The largest absolute Gasteiger partial charge is 0.495 e. The molecule has 0 radical (unpaired) electrons. The number of aromatic nitrogens is 1. The van der Waals surface area contributed by atoms with E-state index in [1.165, 1.54) is 4.88 Å². The predicted molar refractivity (Wildman–Crippen MR) is 72.2 cm³/mol. The summed E-state index contributed by atoms with van der Waals surface area (Å²) in [6.45, 7) is 2.77. The van der Waals surface area contributed by atoms with Gasteiger partial charge in [-0.15, -0.1) is 11.3 Å². The number of benzene rings is 1. The quantitative estimate of drug-likeness (QED) is 0.918. The van der Waals surface area contributed by atoms with Gasteiger partial charge in [-0.3, -0.25) is 0 Å². The molecule has 1 heterocycles. The highest BCUT2D eigenvalue weighted by molar-refractivity contribution is 7.09. The van der Waals surface area contributed by atoms with Crippen LogP contribution in [0.15, 0.2) is 23.7 Å². The van der Waals surface area contributed by atoms with Gasteiger partial charge in [-0.1, -0.05) is 11.6 Å². The number of halogens is 1. The van der Waals surface area contributed by atoms with Gasteiger partial charge >= 0.3 is 0 Å². The van der Waals surface area contributed by atoms with Crippen LogP contribution in [0, 0.1) is 6.92 Å². The molecule has 0 saturated heterocycles. The zero-order valence-electron chi connectivity index (χ0n) is 9.66. The van der Waals surface area contributed by atoms with Gasteiger partial charge in [0, 0.05) is 10.6 Å². The lowest BCUT2D eigenvalue weighted by Gasteiger charge is -2.08. The molecule has 0 spiro atoms. The maximum Gasteiger partial charge on any atom is 0.137 e. The molecule has 17 heavy (non-hydrogen) atoms. The van der Waals surface area contributed by atoms with Crippen LogP contribution in [0.5, 0.6) is 5.75 Å². The number of hydrogen-bond acceptors (Lipinski definition) is 4. The fourth-order valence-corrected chi connectivity index (χ4v) is 2.43. The fourth-order valence-electron chi connectivity index (χ4n) is 1.45. The van der Waals surface area contributed by atoms with E-state index in [0.29, 0.717) is 10.8 Å². The minimum Gasteiger partial charge on any atom is -0.495 e. The van der Waals surface area contributed by atoms with Gasteiger partial charge in [0.1, 0.15) is 5.75 Å². The SMILES string of the molecule is COc1ccc(NCc2scnc2C)cc1Cl. The molecule has 1 aromatic carbocycles. The molecule has 0 amide bonds. The normalized spacial score (nSPS) is 10.3. The van der Waals surface area contributed by atoms with Crippen LogP contribution in [-0.2, 0) is 6.54 Å². The second-order valence-corrected chi connectivity index (χ2v) is 4.91. The van der Waals surface area contributed by atoms with Crippen LogP contribution in [-0.4, -0.2) is 12.1 Å². The van der Waals surface area contributed by atoms with E-state index in [-0.39, 0.29) is 0 Å². The molecular weight excluding hydrogens is 256 g/mol. The first-order valence-corrected chi connectivity index (χ1v) is 6.43. The number of ether oxygens (including phenoxy) is 1. The summed E-state index contributed by atoms with van der Waals surface area (Å²) >= 11 is 7.70. The molecular formula is C12H13ClN2OS. The van der Waals surface area contributed by atoms with Crippen molar-refractivity contribution < 1.29 is 4.74 Å². The van der Waals surface area contributed by atoms with Crippen LogP contribution < -0.4 is 10.1 Å². The minimum atomic E-state index is 0.610. The Labute approximate surface area is 109 Å². The van der Waals surface area contributed by atoms with Gasteiger partial charge in [-0.25, -0.2) is 4.98 Å². The van der Waals surface area contributed by atoms with Gasteiger partial charge in [0.25, 0.3) is 0 Å². The van der Waals surface area contributed by atoms with Crippen molar-refractivity contribution in [2.45, 2.75) is 13.5 Å². The molecule has 0 unspecified atom stereocenters. The van der Waals surface area contributed by atoms with Crippen LogP contribution in [0.4, 0.5) is 5.69 Å². The number of aryl methyl sites for hydroxylation is 1. The maximum atomic E-state index is 6.05. The fraction of sp³-hybridized carbons (Fsp3) is 0.250. The third-order valence-electron chi connectivity index (χ3n) is 2.45. The minimum absolute atomic E-state index is 0.610. The van der Waals surface area contributed by atoms with E-state index in [0.717, 1.165) is 17.9 Å². The van der Waals surface area contributed by atoms with E-state index >= 15 is 0 Å². The number of methoxy groups -OCH3 is 1. The van der Waals surface area contributed by atoms with Gasteiger partial charge < -0.3 is 10.1 Å². The highest BCUT2D eigenvalue weighted by Gasteiger charge is 2.03. The molecule has 0 saturated carbocycles. The summed E-state index contributed by atoms with van der Waals surface area (Å²) in [5.74, 6) is 0.686. The molecule has 0 aliphatic heterocycles. The van der Waals surface area contributed by atoms with E-state index in [4.69, 9.17) is 16.3 Å². The zero-order valence-corrected chi connectivity index (χ0v) is 11.2. The molecule has 2 rings (SSSR count). The molecule has 1 N–H and O–H groups in total. The molecule has 2 aromatic rings. The molecule has 3 nitrogen and oxygen atoms in total. The van der Waals surface area contributed by atoms with Crippen molar-refractivity contribution in [3.05, 3.63) is 39.3 Å². The van der Waals surface area contributed by atoms with Crippen molar-refractivity contribution in [3.63, 3.8) is 0 Å². The van der Waals surface area contributed by atoms with Crippen LogP contribution in [0.3, 0.4) is 0 Å². The lowest BCUT2D eigenvalue weighted by atomic mass is 10.3. The van der Waals surface area contributed by atoms with Crippen molar-refractivity contribution >= 4 is 28.6 Å². The van der Waals surface area contributed by atoms with Crippen LogP contribution in [0.2, 0.25) is 5.02 Å². The van der Waals surface area contributed by atoms with Crippen molar-refractivity contribution in [1.82, 2.24) is 4.98 Å². The van der Waals surface area contributed by atoms with E-state index in [2.05, 4.69) is 10.3 Å². The maximum absolute atomic E-state index is 6.05. The van der Waals surface area contributed by atoms with Crippen molar-refractivity contribution in [3.8, 4) is 5.75 Å². The van der Waals surface area contributed by atoms with Gasteiger partial charge in [0.15, 0.2) is 0 Å². The Hall–Kier alpha value is -1.26. The van der Waals surface area contributed by atoms with Gasteiger partial charge in [0.2, 0.25) is 0 Å². The first-order chi connectivity index (χ1) is 8.20.